The fraction of sp³-hybridized carbons (Fsp3) is 0.565. The Morgan fingerprint density at radius 3 is 2.70 bits per heavy atom. The summed E-state index contributed by atoms with van der Waals surface area (Å²) in [4.78, 5) is 12.9. The summed E-state index contributed by atoms with van der Waals surface area (Å²) in [6.07, 6.45) is 3.27. The zero-order valence-electron chi connectivity index (χ0n) is 19.3. The Labute approximate surface area is 194 Å². The number of carbonyl (C=O) groups is 1. The van der Waals surface area contributed by atoms with E-state index in [1.165, 1.54) is 17.8 Å². The van der Waals surface area contributed by atoms with Gasteiger partial charge in [0.25, 0.3) is 5.91 Å². The van der Waals surface area contributed by atoms with E-state index in [1.54, 1.807) is 24.3 Å². The van der Waals surface area contributed by atoms with Gasteiger partial charge >= 0.3 is 0 Å². The van der Waals surface area contributed by atoms with Gasteiger partial charge in [-0.05, 0) is 42.5 Å². The average molecular weight is 477 g/mol. The number of morpholine rings is 1. The zero-order chi connectivity index (χ0) is 23.6. The first-order valence-electron chi connectivity index (χ1n) is 11.4. The van der Waals surface area contributed by atoms with Gasteiger partial charge in [-0.25, -0.2) is 8.42 Å². The van der Waals surface area contributed by atoms with E-state index in [9.17, 15) is 13.2 Å². The number of aromatic nitrogens is 2. The molecule has 1 aliphatic heterocycles. The quantitative estimate of drug-likeness (QED) is 0.663. The molecule has 0 unspecified atom stereocenters. The third-order valence-electron chi connectivity index (χ3n) is 6.89. The number of sulfonamides is 1. The highest BCUT2D eigenvalue weighted by Crippen LogP contribution is 2.32. The molecule has 1 aromatic carbocycles. The summed E-state index contributed by atoms with van der Waals surface area (Å²) in [5.74, 6) is 1.06. The Kier molecular flexibility index (Phi) is 7.06. The average Bonchev–Trinajstić information content (AvgIpc) is 3.33. The fourth-order valence-corrected chi connectivity index (χ4v) is 6.17. The number of nitrogens with zero attached hydrogens (tertiary/aromatic N) is 2. The lowest BCUT2D eigenvalue weighted by molar-refractivity contribution is 0.0729. The number of rotatable bonds is 6. The molecule has 1 saturated carbocycles. The van der Waals surface area contributed by atoms with E-state index in [1.807, 2.05) is 0 Å². The van der Waals surface area contributed by atoms with Gasteiger partial charge in [-0.2, -0.15) is 9.40 Å². The molecule has 2 aromatic rings. The first-order chi connectivity index (χ1) is 15.8. The maximum absolute atomic E-state index is 13.2. The lowest BCUT2D eigenvalue weighted by Crippen LogP contribution is -2.43. The van der Waals surface area contributed by atoms with E-state index >= 15 is 0 Å². The van der Waals surface area contributed by atoms with Crippen LogP contribution in [0.3, 0.4) is 0 Å². The first kappa shape index (κ1) is 23.7. The lowest BCUT2D eigenvalue weighted by Gasteiger charge is -2.34. The van der Waals surface area contributed by atoms with Crippen molar-refractivity contribution in [3.8, 4) is 17.0 Å². The van der Waals surface area contributed by atoms with E-state index in [4.69, 9.17) is 9.47 Å². The van der Waals surface area contributed by atoms with Crippen LogP contribution in [0.2, 0.25) is 0 Å². The van der Waals surface area contributed by atoms with Crippen LogP contribution in [0.25, 0.3) is 11.3 Å². The molecule has 1 aliphatic carbocycles. The monoisotopic (exact) mass is 476 g/mol. The third kappa shape index (κ3) is 4.92. The maximum Gasteiger partial charge on any atom is 0.269 e. The van der Waals surface area contributed by atoms with Crippen LogP contribution in [0.15, 0.2) is 29.2 Å². The summed E-state index contributed by atoms with van der Waals surface area (Å²) in [5, 5.41) is 10.2. The molecule has 2 heterocycles. The molecular formula is C23H32N4O5S. The van der Waals surface area contributed by atoms with Gasteiger partial charge in [0.15, 0.2) is 0 Å². The molecule has 1 saturated heterocycles. The first-order valence-corrected chi connectivity index (χ1v) is 12.9. The van der Waals surface area contributed by atoms with Crippen molar-refractivity contribution in [3.05, 3.63) is 30.0 Å². The minimum absolute atomic E-state index is 0.0726. The van der Waals surface area contributed by atoms with Gasteiger partial charge in [-0.1, -0.05) is 26.7 Å². The van der Waals surface area contributed by atoms with Crippen molar-refractivity contribution < 1.29 is 22.7 Å². The molecule has 0 spiro atoms. The molecule has 10 heteroatoms. The number of aromatic amines is 1. The molecule has 0 radical (unpaired) electrons. The van der Waals surface area contributed by atoms with Crippen molar-refractivity contribution in [3.63, 3.8) is 0 Å². The number of hydrogen-bond donors (Lipinski definition) is 2. The van der Waals surface area contributed by atoms with Crippen LogP contribution in [0.5, 0.6) is 5.75 Å². The predicted octanol–water partition coefficient (Wildman–Crippen LogP) is 2.66. The van der Waals surface area contributed by atoms with E-state index in [2.05, 4.69) is 29.4 Å². The Bertz CT molecular complexity index is 1090. The SMILES string of the molecule is COc1ccc(-c2cc(C(=O)N[C@@H]3CCC[C@@H](C)[C@H]3C)[nH]n2)cc1S(=O)(=O)N1CCOCC1. The summed E-state index contributed by atoms with van der Waals surface area (Å²) in [6.45, 7) is 5.71. The highest BCUT2D eigenvalue weighted by Gasteiger charge is 2.31. The molecule has 9 nitrogen and oxygen atoms in total. The van der Waals surface area contributed by atoms with Crippen LogP contribution in [-0.2, 0) is 14.8 Å². The predicted molar refractivity (Wildman–Crippen MR) is 124 cm³/mol. The van der Waals surface area contributed by atoms with Gasteiger partial charge in [0, 0.05) is 24.7 Å². The van der Waals surface area contributed by atoms with Crippen LogP contribution >= 0.6 is 0 Å². The zero-order valence-corrected chi connectivity index (χ0v) is 20.2. The van der Waals surface area contributed by atoms with Crippen molar-refractivity contribution in [2.45, 2.75) is 44.0 Å². The van der Waals surface area contributed by atoms with E-state index in [0.29, 0.717) is 55.1 Å². The molecule has 2 fully saturated rings. The number of H-pyrrole nitrogens is 1. The van der Waals surface area contributed by atoms with Crippen LogP contribution in [0.4, 0.5) is 0 Å². The Hall–Kier alpha value is -2.43. The number of methoxy groups -OCH3 is 1. The van der Waals surface area contributed by atoms with Gasteiger partial charge in [-0.3, -0.25) is 9.89 Å². The van der Waals surface area contributed by atoms with Crippen LogP contribution in [0, 0.1) is 11.8 Å². The molecule has 2 aliphatic rings. The molecule has 1 aromatic heterocycles. The van der Waals surface area contributed by atoms with Crippen molar-refractivity contribution in [2.24, 2.45) is 11.8 Å². The van der Waals surface area contributed by atoms with E-state index < -0.39 is 10.0 Å². The minimum Gasteiger partial charge on any atom is -0.495 e. The number of nitrogens with one attached hydrogen (secondary N) is 2. The summed E-state index contributed by atoms with van der Waals surface area (Å²) in [7, 11) is -2.32. The number of benzene rings is 1. The molecule has 180 valence electrons. The second-order valence-electron chi connectivity index (χ2n) is 8.90. The highest BCUT2D eigenvalue weighted by molar-refractivity contribution is 7.89. The van der Waals surface area contributed by atoms with Crippen molar-refractivity contribution in [1.82, 2.24) is 19.8 Å². The van der Waals surface area contributed by atoms with Gasteiger partial charge in [0.1, 0.15) is 16.3 Å². The number of amides is 1. The molecular weight excluding hydrogens is 444 g/mol. The van der Waals surface area contributed by atoms with Crippen LogP contribution in [0.1, 0.15) is 43.6 Å². The van der Waals surface area contributed by atoms with Crippen LogP contribution < -0.4 is 10.1 Å². The molecule has 0 bridgehead atoms. The maximum atomic E-state index is 13.2. The van der Waals surface area contributed by atoms with Gasteiger partial charge in [0.05, 0.1) is 26.0 Å². The summed E-state index contributed by atoms with van der Waals surface area (Å²) in [6, 6.07) is 6.69. The topological polar surface area (TPSA) is 114 Å². The Morgan fingerprint density at radius 2 is 1.97 bits per heavy atom. The molecule has 3 atom stereocenters. The molecule has 2 N–H and O–H groups in total. The second kappa shape index (κ2) is 9.82. The number of hydrogen-bond acceptors (Lipinski definition) is 6. The number of carbonyl (C=O) groups excluding carboxylic acids is 1. The minimum atomic E-state index is -3.76. The van der Waals surface area contributed by atoms with E-state index in [0.717, 1.165) is 12.8 Å². The van der Waals surface area contributed by atoms with Gasteiger partial charge < -0.3 is 14.8 Å². The lowest BCUT2D eigenvalue weighted by atomic mass is 9.78. The van der Waals surface area contributed by atoms with Gasteiger partial charge in [0.2, 0.25) is 10.0 Å². The fourth-order valence-electron chi connectivity index (χ4n) is 4.58. The number of ether oxygens (including phenoxy) is 2. The molecule has 1 amide bonds. The standard InChI is InChI=1S/C23H32N4O5S/c1-15-5-4-6-18(16(15)2)24-23(28)20-14-19(25-26-20)17-7-8-21(31-3)22(13-17)33(29,30)27-9-11-32-12-10-27/h7-8,13-16,18H,4-6,9-12H2,1-3H3,(H,24,28)(H,25,26)/t15-,16-,18-/m1/s1. The molecule has 33 heavy (non-hydrogen) atoms. The Balaban J connectivity index is 1.56. The van der Waals surface area contributed by atoms with Crippen molar-refractivity contribution in [1.29, 1.82) is 0 Å². The van der Waals surface area contributed by atoms with Crippen molar-refractivity contribution in [2.75, 3.05) is 33.4 Å². The smallest absolute Gasteiger partial charge is 0.269 e. The second-order valence-corrected chi connectivity index (χ2v) is 10.8. The van der Waals surface area contributed by atoms with Crippen LogP contribution in [-0.4, -0.2) is 68.3 Å². The third-order valence-corrected chi connectivity index (χ3v) is 8.81. The largest absolute Gasteiger partial charge is 0.495 e. The highest BCUT2D eigenvalue weighted by atomic mass is 32.2. The summed E-state index contributed by atoms with van der Waals surface area (Å²) < 4.78 is 38.5. The van der Waals surface area contributed by atoms with Gasteiger partial charge in [-0.15, -0.1) is 0 Å². The van der Waals surface area contributed by atoms with E-state index in [-0.39, 0.29) is 22.6 Å². The molecule has 4 rings (SSSR count). The summed E-state index contributed by atoms with van der Waals surface area (Å²) in [5.41, 5.74) is 1.42. The Morgan fingerprint density at radius 1 is 1.21 bits per heavy atom. The summed E-state index contributed by atoms with van der Waals surface area (Å²) >= 11 is 0. The van der Waals surface area contributed by atoms with Crippen molar-refractivity contribution >= 4 is 15.9 Å². The normalized spacial score (nSPS) is 24.4.